The number of H-pyrrole nitrogens is 1. The van der Waals surface area contributed by atoms with Crippen molar-refractivity contribution >= 4 is 52.6 Å². The monoisotopic (exact) mass is 956 g/mol. The van der Waals surface area contributed by atoms with Gasteiger partial charge >= 0.3 is 35.3 Å². The number of hydrogen-bond acceptors (Lipinski definition) is 25. The third-order valence-corrected chi connectivity index (χ3v) is 11.9. The van der Waals surface area contributed by atoms with E-state index in [-0.39, 0.29) is 28.7 Å². The summed E-state index contributed by atoms with van der Waals surface area (Å²) in [6, 6.07) is 2.28. The molecule has 3 aliphatic heterocycles. The molecule has 7 rings (SSSR count). The van der Waals surface area contributed by atoms with Crippen molar-refractivity contribution in [2.24, 2.45) is 0 Å². The number of anilines is 3. The molecule has 0 spiro atoms. The Kier molecular flexibility index (Phi) is 13.4. The largest absolute Gasteiger partial charge is 0.694 e. The van der Waals surface area contributed by atoms with E-state index in [4.69, 9.17) is 49.5 Å². The highest BCUT2D eigenvalue weighted by atomic mass is 31.2. The van der Waals surface area contributed by atoms with Gasteiger partial charge in [-0.1, -0.05) is 0 Å². The smallest absolute Gasteiger partial charge is 0.387 e. The molecule has 32 nitrogen and oxygen atoms in total. The molecule has 4 aromatic rings. The Morgan fingerprint density at radius 3 is 1.70 bits per heavy atom. The first-order valence-corrected chi connectivity index (χ1v) is 22.0. The Labute approximate surface area is 349 Å². The Bertz CT molecular complexity index is 2630. The van der Waals surface area contributed by atoms with Gasteiger partial charge in [0.25, 0.3) is 5.56 Å². The lowest BCUT2D eigenvalue weighted by molar-refractivity contribution is -0.0628. The number of phosphoric ester groups is 2. The van der Waals surface area contributed by atoms with Gasteiger partial charge in [0.1, 0.15) is 73.2 Å². The van der Waals surface area contributed by atoms with E-state index in [1.165, 1.54) is 0 Å². The number of ether oxygens (including phenoxy) is 3. The summed E-state index contributed by atoms with van der Waals surface area (Å²) in [5, 5.41) is 43.9. The predicted octanol–water partition coefficient (Wildman–Crippen LogP) is -4.81. The van der Waals surface area contributed by atoms with Crippen molar-refractivity contribution in [3.63, 3.8) is 0 Å². The van der Waals surface area contributed by atoms with E-state index in [1.807, 2.05) is 0 Å². The number of nitrogens with zero attached hydrogens (tertiary/aromatic N) is 7. The third kappa shape index (κ3) is 9.93. The van der Waals surface area contributed by atoms with Crippen molar-refractivity contribution < 1.29 is 85.6 Å². The van der Waals surface area contributed by atoms with Gasteiger partial charge in [-0.2, -0.15) is 15.0 Å². The molecule has 0 bridgehead atoms. The van der Waals surface area contributed by atoms with Crippen LogP contribution in [0, 0.1) is 0 Å². The summed E-state index contributed by atoms with van der Waals surface area (Å²) in [6.45, 7) is -3.00. The molecule has 0 amide bonds. The number of nitrogens with two attached hydrogens (primary N) is 3. The zero-order chi connectivity index (χ0) is 45.7. The number of hydrogen-bond donors (Lipinski definition) is 11. The van der Waals surface area contributed by atoms with Gasteiger partial charge in [0.05, 0.1) is 19.5 Å². The Morgan fingerprint density at radius 1 is 0.714 bits per heavy atom. The summed E-state index contributed by atoms with van der Waals surface area (Å²) in [5.74, 6) is -0.751. The highest BCUT2D eigenvalue weighted by Crippen LogP contribution is 2.52. The lowest BCUT2D eigenvalue weighted by Gasteiger charge is -2.25. The van der Waals surface area contributed by atoms with Gasteiger partial charge in [-0.25, -0.2) is 23.7 Å². The fourth-order valence-electron chi connectivity index (χ4n) is 6.73. The maximum Gasteiger partial charge on any atom is 0.694 e. The minimum absolute atomic E-state index is 0.144. The van der Waals surface area contributed by atoms with Crippen molar-refractivity contribution in [2.45, 2.75) is 73.6 Å². The quantitative estimate of drug-likeness (QED) is 0.0469. The number of aromatic amines is 1. The number of aliphatic hydroxyl groups excluding tert-OH is 4. The number of phosphoric acid groups is 2. The van der Waals surface area contributed by atoms with Crippen LogP contribution in [0.5, 0.6) is 0 Å². The summed E-state index contributed by atoms with van der Waals surface area (Å²) in [6.07, 6.45) is -18.6. The summed E-state index contributed by atoms with van der Waals surface area (Å²) in [5.41, 5.74) is 13.5. The molecule has 3 aliphatic rings. The number of nitrogens with one attached hydrogen (secondary N) is 1. The Hall–Kier alpha value is -4.53. The lowest BCUT2D eigenvalue weighted by atomic mass is 10.1. The molecule has 3 fully saturated rings. The first-order chi connectivity index (χ1) is 29.6. The van der Waals surface area contributed by atoms with E-state index in [0.717, 1.165) is 40.0 Å². The van der Waals surface area contributed by atoms with E-state index >= 15 is 0 Å². The standard InChI is InChI=1S/C28H36N11O21P3/c29-12-1-3-37(27(45)33-12)24-17(42)19(10(57-24)5-53-61(47)48)59-63(51,52)55-7-11-20(18(43)25(58-11)38-4-2-13(30)34-28(38)46)60-62(49,50)54-6-9-15(40)16(41)23(56-9)39-8-32-14-21(39)35-26(31)36-22(14)44/h1-4,8-11,15-20,23-25,40-43H,5-7H2,(H9-,29,30,31,33,34,35,36,44,45,46,47,48,49,50,51,52)/p+1/t9-,10-,11-,15-,16-,17-,18-,19-,20-,23-,24-,25-/m1/s1. The zero-order valence-electron chi connectivity index (χ0n) is 31.5. The maximum atomic E-state index is 13.4. The fourth-order valence-corrected chi connectivity index (χ4v) is 8.94. The average Bonchev–Trinajstić information content (AvgIpc) is 3.92. The van der Waals surface area contributed by atoms with Crippen LogP contribution in [0.15, 0.2) is 45.2 Å². The van der Waals surface area contributed by atoms with Crippen LogP contribution >= 0.6 is 23.9 Å². The number of aromatic nitrogens is 8. The zero-order valence-corrected chi connectivity index (χ0v) is 34.2. The molecule has 15 atom stereocenters. The van der Waals surface area contributed by atoms with E-state index in [0.29, 0.717) is 4.57 Å². The summed E-state index contributed by atoms with van der Waals surface area (Å²) >= 11 is 0. The Balaban J connectivity index is 1.06. The van der Waals surface area contributed by atoms with Crippen molar-refractivity contribution in [3.8, 4) is 0 Å². The first-order valence-electron chi connectivity index (χ1n) is 17.8. The summed E-state index contributed by atoms with van der Waals surface area (Å²) < 4.78 is 82.6. The molecule has 3 unspecified atom stereocenters. The van der Waals surface area contributed by atoms with Crippen molar-refractivity contribution in [1.82, 2.24) is 38.6 Å². The second kappa shape index (κ2) is 18.2. The minimum atomic E-state index is -5.48. The van der Waals surface area contributed by atoms with Crippen molar-refractivity contribution in [1.29, 1.82) is 0 Å². The van der Waals surface area contributed by atoms with Crippen molar-refractivity contribution in [2.75, 3.05) is 37.0 Å². The van der Waals surface area contributed by atoms with Crippen LogP contribution in [0.2, 0.25) is 0 Å². The first kappa shape index (κ1) is 46.5. The fraction of sp³-hybridized carbons (Fsp3) is 0.536. The van der Waals surface area contributed by atoms with Crippen LogP contribution in [0.3, 0.4) is 0 Å². The van der Waals surface area contributed by atoms with Crippen molar-refractivity contribution in [3.05, 3.63) is 62.2 Å². The topological polar surface area (TPSA) is 478 Å². The van der Waals surface area contributed by atoms with Gasteiger partial charge in [-0.05, 0) is 12.1 Å². The van der Waals surface area contributed by atoms with Crippen LogP contribution in [-0.4, -0.2) is 148 Å². The third-order valence-electron chi connectivity index (χ3n) is 9.60. The SMILES string of the molecule is Nc1ccn([C@@H]2O[C@H](CO[P+](=O)O)[C@@H](OP(=O)(O)OC[C@H]3O[C@@H](n4ccc(N)nc4=O)[C@H](O)[C@@H]3OP(=O)(O)OC[C@H]3O[C@@H](n4cnc5c(=O)[nH]c(N)nc54)[C@H](O)[C@@H]3O)[C@H]2O)c(=O)n1. The second-order valence-electron chi connectivity index (χ2n) is 13.7. The normalized spacial score (nSPS) is 31.9. The van der Waals surface area contributed by atoms with Crippen LogP contribution in [-0.2, 0) is 50.5 Å². The molecular weight excluding hydrogens is 919 g/mol. The molecule has 344 valence electrons. The lowest BCUT2D eigenvalue weighted by Crippen LogP contribution is -2.39. The summed E-state index contributed by atoms with van der Waals surface area (Å²) in [7, 11) is -14.2. The van der Waals surface area contributed by atoms with Crippen LogP contribution in [0.4, 0.5) is 17.6 Å². The molecule has 0 aromatic carbocycles. The minimum Gasteiger partial charge on any atom is -0.387 e. The number of aliphatic hydroxyl groups is 4. The van der Waals surface area contributed by atoms with Gasteiger partial charge < -0.3 is 61.6 Å². The maximum absolute atomic E-state index is 13.4. The number of nitrogen functional groups attached to an aromatic ring is 3. The molecule has 0 radical (unpaired) electrons. The van der Waals surface area contributed by atoms with Gasteiger partial charge in [-0.3, -0.25) is 41.6 Å². The molecule has 14 N–H and O–H groups in total. The van der Waals surface area contributed by atoms with Crippen LogP contribution < -0.4 is 34.1 Å². The summed E-state index contributed by atoms with van der Waals surface area (Å²) in [4.78, 5) is 85.3. The number of fused-ring (bicyclic) bond motifs is 1. The van der Waals surface area contributed by atoms with E-state index in [2.05, 4.69) is 29.4 Å². The van der Waals surface area contributed by atoms with Gasteiger partial charge in [0, 0.05) is 17.0 Å². The van der Waals surface area contributed by atoms with Crippen LogP contribution in [0.25, 0.3) is 11.2 Å². The highest BCUT2D eigenvalue weighted by Gasteiger charge is 2.53. The van der Waals surface area contributed by atoms with Crippen LogP contribution in [0.1, 0.15) is 18.7 Å². The van der Waals surface area contributed by atoms with Gasteiger partial charge in [-0.15, -0.1) is 9.42 Å². The predicted molar refractivity (Wildman–Crippen MR) is 201 cm³/mol. The second-order valence-corrected chi connectivity index (χ2v) is 17.3. The molecular formula is C28H37N11O21P3+. The van der Waals surface area contributed by atoms with Gasteiger partial charge in [0.15, 0.2) is 29.8 Å². The molecule has 0 saturated carbocycles. The molecule has 3 saturated heterocycles. The number of rotatable bonds is 16. The average molecular weight is 957 g/mol. The van der Waals surface area contributed by atoms with Gasteiger partial charge in [0.2, 0.25) is 5.95 Å². The molecule has 0 aliphatic carbocycles. The Morgan fingerprint density at radius 2 is 1.19 bits per heavy atom. The van der Waals surface area contributed by atoms with E-state index < -0.39 is 134 Å². The molecule has 7 heterocycles. The highest BCUT2D eigenvalue weighted by molar-refractivity contribution is 7.47. The molecule has 63 heavy (non-hydrogen) atoms. The van der Waals surface area contributed by atoms with E-state index in [9.17, 15) is 63.2 Å². The molecule has 4 aromatic heterocycles. The molecule has 35 heteroatoms. The number of imidazole rings is 1. The van der Waals surface area contributed by atoms with E-state index in [1.54, 1.807) is 0 Å².